The molecule has 5 heteroatoms. The largest absolute Gasteiger partial charge is 0.493 e. The van der Waals surface area contributed by atoms with Gasteiger partial charge < -0.3 is 14.8 Å². The minimum atomic E-state index is -0.165. The molecule has 3 aromatic rings. The molecule has 0 bridgehead atoms. The summed E-state index contributed by atoms with van der Waals surface area (Å²) >= 11 is 2.23. The minimum Gasteiger partial charge on any atom is -0.493 e. The van der Waals surface area contributed by atoms with E-state index in [0.29, 0.717) is 18.8 Å². The van der Waals surface area contributed by atoms with E-state index in [2.05, 4.69) is 34.0 Å². The van der Waals surface area contributed by atoms with Gasteiger partial charge in [0.15, 0.2) is 0 Å². The molecule has 1 amide bonds. The van der Waals surface area contributed by atoms with Crippen LogP contribution in [0.5, 0.6) is 11.5 Å². The zero-order valence-electron chi connectivity index (χ0n) is 16.8. The van der Waals surface area contributed by atoms with Gasteiger partial charge in [0.1, 0.15) is 18.1 Å². The first-order chi connectivity index (χ1) is 13.9. The molecule has 3 rings (SSSR count). The summed E-state index contributed by atoms with van der Waals surface area (Å²) in [5, 5.41) is 2.93. The maximum Gasteiger partial charge on any atom is 0.255 e. The van der Waals surface area contributed by atoms with Crippen molar-refractivity contribution in [3.63, 3.8) is 0 Å². The van der Waals surface area contributed by atoms with E-state index in [4.69, 9.17) is 9.47 Å². The van der Waals surface area contributed by atoms with Gasteiger partial charge in [-0.2, -0.15) is 0 Å². The number of ether oxygens (including phenoxy) is 2. The van der Waals surface area contributed by atoms with Gasteiger partial charge in [0.05, 0.1) is 6.61 Å². The van der Waals surface area contributed by atoms with Crippen LogP contribution in [0.2, 0.25) is 0 Å². The van der Waals surface area contributed by atoms with Crippen LogP contribution in [0.1, 0.15) is 34.0 Å². The van der Waals surface area contributed by atoms with Gasteiger partial charge in [-0.25, -0.2) is 0 Å². The Morgan fingerprint density at radius 1 is 0.931 bits per heavy atom. The van der Waals surface area contributed by atoms with Crippen LogP contribution in [0, 0.1) is 17.4 Å². The fraction of sp³-hybridized carbons (Fsp3) is 0.208. The second kappa shape index (κ2) is 9.78. The van der Waals surface area contributed by atoms with Crippen LogP contribution in [0.3, 0.4) is 0 Å². The number of hydrogen-bond donors (Lipinski definition) is 1. The van der Waals surface area contributed by atoms with E-state index in [1.54, 1.807) is 6.07 Å². The number of aryl methyl sites for hydroxylation is 2. The molecule has 1 N–H and O–H groups in total. The van der Waals surface area contributed by atoms with Crippen molar-refractivity contribution in [2.24, 2.45) is 0 Å². The Balaban J connectivity index is 1.79. The predicted octanol–water partition coefficient (Wildman–Crippen LogP) is 6.14. The summed E-state index contributed by atoms with van der Waals surface area (Å²) in [6, 6.07) is 19.2. The Labute approximate surface area is 185 Å². The normalized spacial score (nSPS) is 10.5. The minimum absolute atomic E-state index is 0.165. The summed E-state index contributed by atoms with van der Waals surface area (Å²) in [6.45, 7) is 6.89. The Bertz CT molecular complexity index is 979. The molecule has 0 saturated heterocycles. The van der Waals surface area contributed by atoms with Gasteiger partial charge in [0.25, 0.3) is 5.91 Å². The Kier molecular flexibility index (Phi) is 7.14. The zero-order chi connectivity index (χ0) is 20.8. The summed E-state index contributed by atoms with van der Waals surface area (Å²) in [7, 11) is 0. The molecule has 0 spiro atoms. The van der Waals surface area contributed by atoms with Crippen LogP contribution in [0.4, 0.5) is 5.69 Å². The lowest BCUT2D eigenvalue weighted by Gasteiger charge is -2.14. The molecule has 0 radical (unpaired) electrons. The highest BCUT2D eigenvalue weighted by Gasteiger charge is 2.12. The topological polar surface area (TPSA) is 47.6 Å². The summed E-state index contributed by atoms with van der Waals surface area (Å²) in [6.07, 6.45) is 0. The number of amides is 1. The Morgan fingerprint density at radius 3 is 2.28 bits per heavy atom. The van der Waals surface area contributed by atoms with E-state index in [0.717, 1.165) is 37.4 Å². The van der Waals surface area contributed by atoms with E-state index in [-0.39, 0.29) is 5.91 Å². The molecular formula is C24H24INO3. The number of carbonyl (C=O) groups is 1. The SMILES string of the molecule is CCOc1ccc(C(=O)Nc2ccc(I)cc2)cc1COc1cc(C)cc(C)c1. The lowest BCUT2D eigenvalue weighted by atomic mass is 10.1. The van der Waals surface area contributed by atoms with Crippen LogP contribution in [-0.4, -0.2) is 12.5 Å². The van der Waals surface area contributed by atoms with E-state index < -0.39 is 0 Å². The zero-order valence-corrected chi connectivity index (χ0v) is 18.9. The molecule has 0 aliphatic heterocycles. The number of halogens is 1. The summed E-state index contributed by atoms with van der Waals surface area (Å²) in [4.78, 5) is 12.7. The first-order valence-electron chi connectivity index (χ1n) is 9.48. The van der Waals surface area contributed by atoms with Gasteiger partial charge in [-0.1, -0.05) is 6.07 Å². The Morgan fingerprint density at radius 2 is 1.62 bits per heavy atom. The Hall–Kier alpha value is -2.54. The van der Waals surface area contributed by atoms with Crippen molar-refractivity contribution in [2.75, 3.05) is 11.9 Å². The van der Waals surface area contributed by atoms with Crippen molar-refractivity contribution in [3.05, 3.63) is 86.5 Å². The average Bonchev–Trinajstić information content (AvgIpc) is 2.68. The van der Waals surface area contributed by atoms with Crippen LogP contribution < -0.4 is 14.8 Å². The maximum absolute atomic E-state index is 12.7. The van der Waals surface area contributed by atoms with E-state index in [9.17, 15) is 4.79 Å². The molecule has 150 valence electrons. The molecule has 29 heavy (non-hydrogen) atoms. The van der Waals surface area contributed by atoms with Gasteiger partial charge in [0.2, 0.25) is 0 Å². The van der Waals surface area contributed by atoms with Crippen molar-refractivity contribution < 1.29 is 14.3 Å². The predicted molar refractivity (Wildman–Crippen MR) is 125 cm³/mol. The summed E-state index contributed by atoms with van der Waals surface area (Å²) in [5.41, 5.74) is 4.45. The van der Waals surface area contributed by atoms with Crippen molar-refractivity contribution >= 4 is 34.2 Å². The third-order valence-corrected chi connectivity index (χ3v) is 5.03. The van der Waals surface area contributed by atoms with Crippen molar-refractivity contribution in [3.8, 4) is 11.5 Å². The highest BCUT2D eigenvalue weighted by Crippen LogP contribution is 2.24. The number of rotatable bonds is 7. The summed E-state index contributed by atoms with van der Waals surface area (Å²) < 4.78 is 12.8. The van der Waals surface area contributed by atoms with Gasteiger partial charge >= 0.3 is 0 Å². The highest BCUT2D eigenvalue weighted by atomic mass is 127. The molecule has 0 saturated carbocycles. The second-order valence-electron chi connectivity index (χ2n) is 6.83. The van der Waals surface area contributed by atoms with Gasteiger partial charge in [-0.15, -0.1) is 0 Å². The first-order valence-corrected chi connectivity index (χ1v) is 10.6. The summed E-state index contributed by atoms with van der Waals surface area (Å²) in [5.74, 6) is 1.36. The molecule has 0 aliphatic rings. The third-order valence-electron chi connectivity index (χ3n) is 4.31. The molecule has 0 fully saturated rings. The first kappa shape index (κ1) is 21.2. The quantitative estimate of drug-likeness (QED) is 0.396. The van der Waals surface area contributed by atoms with Crippen LogP contribution in [-0.2, 0) is 6.61 Å². The standard InChI is InChI=1S/C24H24INO3/c1-4-28-23-10-5-18(24(27)26-21-8-6-20(25)7-9-21)14-19(23)15-29-22-12-16(2)11-17(3)13-22/h5-14H,4,15H2,1-3H3,(H,26,27). The molecule has 0 unspecified atom stereocenters. The molecule has 0 heterocycles. The van der Waals surface area contributed by atoms with Crippen LogP contribution in [0.25, 0.3) is 0 Å². The van der Waals surface area contributed by atoms with E-state index >= 15 is 0 Å². The average molecular weight is 501 g/mol. The number of carbonyl (C=O) groups excluding carboxylic acids is 1. The molecule has 0 aliphatic carbocycles. The van der Waals surface area contributed by atoms with Crippen molar-refractivity contribution in [1.82, 2.24) is 0 Å². The van der Waals surface area contributed by atoms with Crippen molar-refractivity contribution in [1.29, 1.82) is 0 Å². The molecule has 0 aromatic heterocycles. The molecular weight excluding hydrogens is 477 g/mol. The number of benzene rings is 3. The molecule has 0 atom stereocenters. The number of nitrogens with one attached hydrogen (secondary N) is 1. The van der Waals surface area contributed by atoms with Gasteiger partial charge in [-0.05, 0) is 109 Å². The van der Waals surface area contributed by atoms with E-state index in [1.165, 1.54) is 0 Å². The van der Waals surface area contributed by atoms with E-state index in [1.807, 2.05) is 69.3 Å². The van der Waals surface area contributed by atoms with Crippen molar-refractivity contribution in [2.45, 2.75) is 27.4 Å². The third kappa shape index (κ3) is 5.97. The highest BCUT2D eigenvalue weighted by molar-refractivity contribution is 14.1. The number of hydrogen-bond acceptors (Lipinski definition) is 3. The van der Waals surface area contributed by atoms with Crippen LogP contribution in [0.15, 0.2) is 60.7 Å². The van der Waals surface area contributed by atoms with Crippen LogP contribution >= 0.6 is 22.6 Å². The fourth-order valence-corrected chi connectivity index (χ4v) is 3.40. The smallest absolute Gasteiger partial charge is 0.255 e. The monoisotopic (exact) mass is 501 g/mol. The van der Waals surface area contributed by atoms with Gasteiger partial charge in [-0.3, -0.25) is 4.79 Å². The second-order valence-corrected chi connectivity index (χ2v) is 8.07. The lowest BCUT2D eigenvalue weighted by Crippen LogP contribution is -2.13. The molecule has 3 aromatic carbocycles. The van der Waals surface area contributed by atoms with Gasteiger partial charge in [0, 0.05) is 20.4 Å². The lowest BCUT2D eigenvalue weighted by molar-refractivity contribution is 0.102. The maximum atomic E-state index is 12.7. The molecule has 4 nitrogen and oxygen atoms in total. The fourth-order valence-electron chi connectivity index (χ4n) is 3.04. The number of anilines is 1.